The lowest BCUT2D eigenvalue weighted by Crippen LogP contribution is -2.48. The molecular formula is C21H22N2O3. The number of carbonyl (C=O) groups is 3. The van der Waals surface area contributed by atoms with Crippen LogP contribution < -0.4 is 5.32 Å². The fourth-order valence-corrected chi connectivity index (χ4v) is 5.41. The highest BCUT2D eigenvalue weighted by Gasteiger charge is 2.67. The van der Waals surface area contributed by atoms with Gasteiger partial charge in [-0.3, -0.25) is 19.3 Å². The molecule has 7 atom stereocenters. The van der Waals surface area contributed by atoms with Crippen molar-refractivity contribution < 1.29 is 14.4 Å². The van der Waals surface area contributed by atoms with Gasteiger partial charge in [-0.1, -0.05) is 42.5 Å². The quantitative estimate of drug-likeness (QED) is 0.664. The molecule has 1 aromatic rings. The first-order valence-electron chi connectivity index (χ1n) is 9.45. The number of rotatable bonds is 4. The highest BCUT2D eigenvalue weighted by Crippen LogP contribution is 2.65. The van der Waals surface area contributed by atoms with Gasteiger partial charge in [-0.05, 0) is 42.6 Å². The Morgan fingerprint density at radius 2 is 1.65 bits per heavy atom. The number of amides is 3. The third-order valence-electron chi connectivity index (χ3n) is 6.77. The monoisotopic (exact) mass is 350 g/mol. The third kappa shape index (κ3) is 2.12. The van der Waals surface area contributed by atoms with Gasteiger partial charge in [-0.2, -0.15) is 0 Å². The number of imide groups is 1. The van der Waals surface area contributed by atoms with Crippen LogP contribution in [0.25, 0.3) is 0 Å². The van der Waals surface area contributed by atoms with Crippen molar-refractivity contribution >= 4 is 17.7 Å². The number of likely N-dealkylation sites (tertiary alicyclic amines) is 1. The average Bonchev–Trinajstić information content (AvgIpc) is 3.44. The van der Waals surface area contributed by atoms with Crippen molar-refractivity contribution in [1.82, 2.24) is 10.2 Å². The summed E-state index contributed by atoms with van der Waals surface area (Å²) in [6, 6.07) is 8.85. The van der Waals surface area contributed by atoms with Gasteiger partial charge in [0.05, 0.1) is 11.8 Å². The van der Waals surface area contributed by atoms with Gasteiger partial charge >= 0.3 is 0 Å². The van der Waals surface area contributed by atoms with Crippen LogP contribution in [0.1, 0.15) is 18.9 Å². The molecule has 3 amide bonds. The minimum atomic E-state index is -0.764. The number of hydrogen-bond acceptors (Lipinski definition) is 3. The number of hydrogen-bond donors (Lipinski definition) is 1. The van der Waals surface area contributed by atoms with Crippen molar-refractivity contribution in [3.8, 4) is 0 Å². The summed E-state index contributed by atoms with van der Waals surface area (Å²) in [6.45, 7) is 2.05. The van der Waals surface area contributed by atoms with Crippen LogP contribution in [0.5, 0.6) is 0 Å². The zero-order valence-corrected chi connectivity index (χ0v) is 14.7. The highest BCUT2D eigenvalue weighted by molar-refractivity contribution is 6.09. The Morgan fingerprint density at radius 1 is 1.08 bits per heavy atom. The minimum Gasteiger partial charge on any atom is -0.350 e. The van der Waals surface area contributed by atoms with Crippen LogP contribution in [0.3, 0.4) is 0 Å². The number of benzene rings is 1. The number of nitrogens with zero attached hydrogens (tertiary/aromatic N) is 1. The van der Waals surface area contributed by atoms with Crippen molar-refractivity contribution in [3.05, 3.63) is 48.0 Å². The van der Waals surface area contributed by atoms with E-state index in [0.717, 1.165) is 12.0 Å². The van der Waals surface area contributed by atoms with E-state index >= 15 is 0 Å². The summed E-state index contributed by atoms with van der Waals surface area (Å²) in [5, 5.41) is 2.85. The molecule has 2 bridgehead atoms. The van der Waals surface area contributed by atoms with E-state index in [0.29, 0.717) is 18.4 Å². The first-order valence-corrected chi connectivity index (χ1v) is 9.45. The molecule has 1 N–H and O–H groups in total. The molecule has 5 heteroatoms. The van der Waals surface area contributed by atoms with Crippen LogP contribution in [0.15, 0.2) is 42.5 Å². The molecule has 26 heavy (non-hydrogen) atoms. The standard InChI is InChI=1S/C21H22N2O3/c1-11(19(24)22-10-12-5-3-2-4-6-12)23-20(25)17-13-7-8-14(16-9-15(13)16)18(17)21(23)26/h2-8,11,13-18H,9-10H2,1H3,(H,22,24)/t11-,13+,14+,15-,16+,17-,18-/m1/s1. The van der Waals surface area contributed by atoms with Crippen molar-refractivity contribution in [2.24, 2.45) is 35.5 Å². The molecule has 4 aliphatic carbocycles. The summed E-state index contributed by atoms with van der Waals surface area (Å²) in [5.74, 6) is 0.470. The van der Waals surface area contributed by atoms with Crippen molar-refractivity contribution in [2.75, 3.05) is 0 Å². The Bertz CT molecular complexity index is 782. The fraction of sp³-hybridized carbons (Fsp3) is 0.476. The molecule has 1 heterocycles. The van der Waals surface area contributed by atoms with E-state index in [2.05, 4.69) is 17.5 Å². The van der Waals surface area contributed by atoms with E-state index in [1.807, 2.05) is 30.3 Å². The van der Waals surface area contributed by atoms with E-state index in [4.69, 9.17) is 0 Å². The lowest BCUT2D eigenvalue weighted by atomic mass is 9.63. The fourth-order valence-electron chi connectivity index (χ4n) is 5.41. The van der Waals surface area contributed by atoms with E-state index < -0.39 is 6.04 Å². The number of nitrogens with one attached hydrogen (secondary N) is 1. The molecule has 3 fully saturated rings. The second-order valence-electron chi connectivity index (χ2n) is 8.08. The van der Waals surface area contributed by atoms with Crippen molar-refractivity contribution in [3.63, 3.8) is 0 Å². The lowest BCUT2D eigenvalue weighted by Gasteiger charge is -2.37. The predicted molar refractivity (Wildman–Crippen MR) is 94.3 cm³/mol. The normalized spacial score (nSPS) is 37.3. The second kappa shape index (κ2) is 5.53. The molecule has 6 rings (SSSR count). The first-order chi connectivity index (χ1) is 12.6. The Kier molecular flexibility index (Phi) is 3.36. The van der Waals surface area contributed by atoms with Gasteiger partial charge in [-0.25, -0.2) is 0 Å². The predicted octanol–water partition coefficient (Wildman–Crippen LogP) is 1.74. The maximum absolute atomic E-state index is 13.0. The molecule has 134 valence electrons. The topological polar surface area (TPSA) is 66.5 Å². The Morgan fingerprint density at radius 3 is 2.23 bits per heavy atom. The molecule has 0 radical (unpaired) electrons. The van der Waals surface area contributed by atoms with Gasteiger partial charge in [-0.15, -0.1) is 0 Å². The second-order valence-corrected chi connectivity index (χ2v) is 8.08. The maximum Gasteiger partial charge on any atom is 0.243 e. The van der Waals surface area contributed by atoms with Crippen LogP contribution in [0, 0.1) is 35.5 Å². The molecule has 0 spiro atoms. The Hall–Kier alpha value is -2.43. The largest absolute Gasteiger partial charge is 0.350 e. The van der Waals surface area contributed by atoms with Gasteiger partial charge < -0.3 is 5.32 Å². The summed E-state index contributed by atoms with van der Waals surface area (Å²) < 4.78 is 0. The van der Waals surface area contributed by atoms with Gasteiger partial charge in [0.15, 0.2) is 0 Å². The maximum atomic E-state index is 13.0. The van der Waals surface area contributed by atoms with Gasteiger partial charge in [0.2, 0.25) is 17.7 Å². The molecule has 1 saturated heterocycles. The summed E-state index contributed by atoms with van der Waals surface area (Å²) in [6.07, 6.45) is 5.44. The lowest BCUT2D eigenvalue weighted by molar-refractivity contribution is -0.147. The van der Waals surface area contributed by atoms with Crippen LogP contribution >= 0.6 is 0 Å². The summed E-state index contributed by atoms with van der Waals surface area (Å²) in [7, 11) is 0. The van der Waals surface area contributed by atoms with Crippen LogP contribution in [-0.4, -0.2) is 28.7 Å². The minimum absolute atomic E-state index is 0.146. The van der Waals surface area contributed by atoms with Crippen LogP contribution in [-0.2, 0) is 20.9 Å². The van der Waals surface area contributed by atoms with E-state index in [-0.39, 0.29) is 41.4 Å². The van der Waals surface area contributed by atoms with E-state index in [1.54, 1.807) is 6.92 Å². The van der Waals surface area contributed by atoms with Gasteiger partial charge in [0.1, 0.15) is 6.04 Å². The zero-order chi connectivity index (χ0) is 18.0. The Labute approximate surface area is 152 Å². The summed E-state index contributed by atoms with van der Waals surface area (Å²) >= 11 is 0. The van der Waals surface area contributed by atoms with Crippen LogP contribution in [0.2, 0.25) is 0 Å². The van der Waals surface area contributed by atoms with Gasteiger partial charge in [0, 0.05) is 6.54 Å². The molecule has 5 aliphatic rings. The highest BCUT2D eigenvalue weighted by atomic mass is 16.2. The number of carbonyl (C=O) groups excluding carboxylic acids is 3. The molecule has 1 aromatic carbocycles. The molecular weight excluding hydrogens is 328 g/mol. The molecule has 0 unspecified atom stereocenters. The number of allylic oxidation sites excluding steroid dienone is 2. The Balaban J connectivity index is 1.32. The SMILES string of the molecule is C[C@H](C(=O)NCc1ccccc1)N1C(=O)[C@@H]2[C@H]3C=C[C@@H]([C@@H]4C[C@H]34)[C@H]2C1=O. The molecule has 5 nitrogen and oxygen atoms in total. The zero-order valence-electron chi connectivity index (χ0n) is 14.7. The molecule has 0 aromatic heterocycles. The van der Waals surface area contributed by atoms with Gasteiger partial charge in [0.25, 0.3) is 0 Å². The van der Waals surface area contributed by atoms with Crippen molar-refractivity contribution in [1.29, 1.82) is 0 Å². The average molecular weight is 350 g/mol. The smallest absolute Gasteiger partial charge is 0.243 e. The summed E-state index contributed by atoms with van der Waals surface area (Å²) in [4.78, 5) is 39.9. The molecule has 1 aliphatic heterocycles. The van der Waals surface area contributed by atoms with Crippen molar-refractivity contribution in [2.45, 2.75) is 25.9 Å². The molecule has 2 saturated carbocycles. The third-order valence-corrected chi connectivity index (χ3v) is 6.77. The summed E-state index contributed by atoms with van der Waals surface area (Å²) in [5.41, 5.74) is 0.989. The van der Waals surface area contributed by atoms with E-state index in [1.165, 1.54) is 4.90 Å². The van der Waals surface area contributed by atoms with E-state index in [9.17, 15) is 14.4 Å². The van der Waals surface area contributed by atoms with Crippen LogP contribution in [0.4, 0.5) is 0 Å². The first kappa shape index (κ1) is 15.8.